The van der Waals surface area contributed by atoms with Crippen molar-refractivity contribution in [1.29, 1.82) is 0 Å². The van der Waals surface area contributed by atoms with E-state index in [9.17, 15) is 14.4 Å². The van der Waals surface area contributed by atoms with Crippen LogP contribution in [-0.4, -0.2) is 77.0 Å². The molecule has 2 unspecified atom stereocenters. The van der Waals surface area contributed by atoms with Gasteiger partial charge in [0.2, 0.25) is 5.91 Å². The first-order chi connectivity index (χ1) is 15.3. The van der Waals surface area contributed by atoms with Gasteiger partial charge in [-0.05, 0) is 18.6 Å². The molecule has 3 rings (SSSR count). The Balaban J connectivity index is 1.74. The van der Waals surface area contributed by atoms with Crippen LogP contribution < -0.4 is 5.32 Å². The third-order valence-electron chi connectivity index (χ3n) is 5.77. The van der Waals surface area contributed by atoms with E-state index in [-0.39, 0.29) is 25.2 Å². The van der Waals surface area contributed by atoms with Gasteiger partial charge in [-0.2, -0.15) is 0 Å². The lowest BCUT2D eigenvalue weighted by Gasteiger charge is -2.31. The van der Waals surface area contributed by atoms with Crippen LogP contribution in [0.5, 0.6) is 0 Å². The number of hydrogen-bond donors (Lipinski definition) is 1. The molecular formula is C22H27B2NO7. The zero-order valence-corrected chi connectivity index (χ0v) is 18.3. The quantitative estimate of drug-likeness (QED) is 0.474. The van der Waals surface area contributed by atoms with Crippen LogP contribution >= 0.6 is 0 Å². The van der Waals surface area contributed by atoms with E-state index in [0.29, 0.717) is 12.0 Å². The van der Waals surface area contributed by atoms with E-state index in [4.69, 9.17) is 34.6 Å². The van der Waals surface area contributed by atoms with Crippen molar-refractivity contribution >= 4 is 33.5 Å². The number of carbonyl (C=O) groups excluding carboxylic acids is 3. The van der Waals surface area contributed by atoms with E-state index in [0.717, 1.165) is 0 Å². The van der Waals surface area contributed by atoms with Crippen LogP contribution in [0.2, 0.25) is 0 Å². The van der Waals surface area contributed by atoms with E-state index in [1.807, 2.05) is 6.92 Å². The minimum atomic E-state index is -0.801. The van der Waals surface area contributed by atoms with Gasteiger partial charge in [-0.3, -0.25) is 9.59 Å². The third-order valence-corrected chi connectivity index (χ3v) is 5.77. The number of rotatable bonds is 8. The fourth-order valence-corrected chi connectivity index (χ4v) is 4.15. The lowest BCUT2D eigenvalue weighted by Crippen LogP contribution is -2.45. The molecule has 0 spiro atoms. The minimum Gasteiger partial charge on any atom is -0.459 e. The molecule has 10 heteroatoms. The van der Waals surface area contributed by atoms with Crippen molar-refractivity contribution in [3.8, 4) is 0 Å². The molecule has 0 aromatic heterocycles. The van der Waals surface area contributed by atoms with E-state index in [2.05, 4.69) is 5.32 Å². The van der Waals surface area contributed by atoms with Crippen molar-refractivity contribution in [2.45, 2.75) is 69.0 Å². The minimum absolute atomic E-state index is 0.0124. The maximum absolute atomic E-state index is 12.6. The molecule has 1 aromatic rings. The van der Waals surface area contributed by atoms with Crippen molar-refractivity contribution in [1.82, 2.24) is 5.32 Å². The molecule has 2 fully saturated rings. The average molecular weight is 439 g/mol. The van der Waals surface area contributed by atoms with Crippen LogP contribution in [0, 0.1) is 5.92 Å². The Morgan fingerprint density at radius 3 is 2.47 bits per heavy atom. The van der Waals surface area contributed by atoms with E-state index in [1.54, 1.807) is 30.3 Å². The molecule has 1 N–H and O–H groups in total. The number of amides is 1. The number of hydrogen-bond acceptors (Lipinski definition) is 7. The normalized spacial score (nSPS) is 31.8. The predicted molar refractivity (Wildman–Crippen MR) is 116 cm³/mol. The van der Waals surface area contributed by atoms with Gasteiger partial charge in [0.05, 0.1) is 18.1 Å². The van der Waals surface area contributed by atoms with E-state index < -0.39 is 54.3 Å². The Morgan fingerprint density at radius 1 is 1.09 bits per heavy atom. The van der Waals surface area contributed by atoms with Gasteiger partial charge in [0.25, 0.3) is 0 Å². The summed E-state index contributed by atoms with van der Waals surface area (Å²) < 4.78 is 23.1. The highest BCUT2D eigenvalue weighted by atomic mass is 16.6. The zero-order chi connectivity index (χ0) is 23.3. The molecule has 0 saturated carbocycles. The fraction of sp³-hybridized carbons (Fsp3) is 0.591. The lowest BCUT2D eigenvalue weighted by atomic mass is 9.78. The monoisotopic (exact) mass is 439 g/mol. The highest BCUT2D eigenvalue weighted by Gasteiger charge is 2.53. The van der Waals surface area contributed by atoms with Crippen LogP contribution in [0.25, 0.3) is 0 Å². The number of benzene rings is 1. The largest absolute Gasteiger partial charge is 0.459 e. The topological polar surface area (TPSA) is 100 Å². The molecule has 2 saturated heterocycles. The first kappa shape index (κ1) is 24.3. The fourth-order valence-electron chi connectivity index (χ4n) is 4.15. The van der Waals surface area contributed by atoms with Crippen LogP contribution in [0.15, 0.2) is 30.3 Å². The predicted octanol–water partition coefficient (Wildman–Crippen LogP) is 0.853. The summed E-state index contributed by atoms with van der Waals surface area (Å²) in [5, 5.41) is 2.46. The smallest absolute Gasteiger partial charge is 0.338 e. The summed E-state index contributed by atoms with van der Waals surface area (Å²) in [5.41, 5.74) is 0.405. The summed E-state index contributed by atoms with van der Waals surface area (Å²) >= 11 is 0. The Morgan fingerprint density at radius 2 is 1.81 bits per heavy atom. The van der Waals surface area contributed by atoms with Gasteiger partial charge in [0.1, 0.15) is 34.0 Å². The van der Waals surface area contributed by atoms with Crippen LogP contribution in [-0.2, 0) is 28.5 Å². The molecule has 32 heavy (non-hydrogen) atoms. The Kier molecular flexibility index (Phi) is 8.37. The SMILES string of the molecule is [B][C@@H]1O[C@H](CC)C(OC(=O)CCC(=O)NC)[C@@H]1[C@H]1O[C@@H]([B])CC1OC(=O)c1ccccc1. The number of ether oxygens (including phenoxy) is 4. The second-order valence-corrected chi connectivity index (χ2v) is 7.94. The summed E-state index contributed by atoms with van der Waals surface area (Å²) in [6, 6.07) is 7.13. The van der Waals surface area contributed by atoms with Crippen molar-refractivity contribution in [3.05, 3.63) is 35.9 Å². The summed E-state index contributed by atoms with van der Waals surface area (Å²) in [4.78, 5) is 36.5. The Labute approximate surface area is 190 Å². The maximum Gasteiger partial charge on any atom is 0.338 e. The van der Waals surface area contributed by atoms with Crippen molar-refractivity contribution in [3.63, 3.8) is 0 Å². The number of esters is 2. The first-order valence-corrected chi connectivity index (χ1v) is 10.8. The molecule has 1 amide bonds. The molecule has 1 aromatic carbocycles. The lowest BCUT2D eigenvalue weighted by molar-refractivity contribution is -0.157. The van der Waals surface area contributed by atoms with Gasteiger partial charge in [-0.1, -0.05) is 25.1 Å². The molecule has 2 aliphatic heterocycles. The molecule has 0 bridgehead atoms. The zero-order valence-electron chi connectivity index (χ0n) is 18.3. The molecule has 4 radical (unpaired) electrons. The van der Waals surface area contributed by atoms with Gasteiger partial charge < -0.3 is 24.3 Å². The Hall–Kier alpha value is -2.32. The van der Waals surface area contributed by atoms with Crippen molar-refractivity contribution in [2.24, 2.45) is 5.92 Å². The van der Waals surface area contributed by atoms with Crippen molar-refractivity contribution in [2.75, 3.05) is 7.05 Å². The van der Waals surface area contributed by atoms with Crippen LogP contribution in [0.3, 0.4) is 0 Å². The number of carbonyl (C=O) groups is 3. The van der Waals surface area contributed by atoms with Gasteiger partial charge in [0.15, 0.2) is 0 Å². The second-order valence-electron chi connectivity index (χ2n) is 7.94. The summed E-state index contributed by atoms with van der Waals surface area (Å²) in [5.74, 6) is -1.90. The summed E-state index contributed by atoms with van der Waals surface area (Å²) in [6.45, 7) is 1.89. The second kappa shape index (κ2) is 11.0. The van der Waals surface area contributed by atoms with Gasteiger partial charge >= 0.3 is 11.9 Å². The van der Waals surface area contributed by atoms with Gasteiger partial charge in [0, 0.05) is 37.8 Å². The molecule has 7 atom stereocenters. The highest BCUT2D eigenvalue weighted by Crippen LogP contribution is 2.39. The van der Waals surface area contributed by atoms with Crippen LogP contribution in [0.4, 0.5) is 0 Å². The average Bonchev–Trinajstić information content (AvgIpc) is 3.30. The van der Waals surface area contributed by atoms with Crippen LogP contribution in [0.1, 0.15) is 43.0 Å². The number of nitrogens with one attached hydrogen (secondary N) is 1. The van der Waals surface area contributed by atoms with E-state index >= 15 is 0 Å². The summed E-state index contributed by atoms with van der Waals surface area (Å²) in [7, 11) is 13.7. The Bertz CT molecular complexity index is 809. The third kappa shape index (κ3) is 5.72. The first-order valence-electron chi connectivity index (χ1n) is 10.8. The standard InChI is InChI=1S/C22H27B2NO7/c1-3-13-19(32-17(27)10-9-16(26)25-2)18(21(24)29-13)20-14(11-15(23)31-20)30-22(28)12-7-5-4-6-8-12/h4-8,13-15,18-21H,3,9-11H2,1-2H3,(H,25,26)/t13-,14?,15-,18-,19?,20+,21-/m1/s1. The maximum atomic E-state index is 12.6. The van der Waals surface area contributed by atoms with Gasteiger partial charge in [-0.25, -0.2) is 4.79 Å². The van der Waals surface area contributed by atoms with Crippen molar-refractivity contribution < 1.29 is 33.3 Å². The summed E-state index contributed by atoms with van der Waals surface area (Å²) in [6.07, 6.45) is -1.80. The van der Waals surface area contributed by atoms with Gasteiger partial charge in [-0.15, -0.1) is 0 Å². The molecular weight excluding hydrogens is 412 g/mol. The highest BCUT2D eigenvalue weighted by molar-refractivity contribution is 6.12. The molecule has 0 aliphatic carbocycles. The van der Waals surface area contributed by atoms with E-state index in [1.165, 1.54) is 7.05 Å². The molecule has 168 valence electrons. The molecule has 2 heterocycles. The molecule has 2 aliphatic rings. The molecule has 8 nitrogen and oxygen atoms in total.